The van der Waals surface area contributed by atoms with Crippen LogP contribution in [-0.2, 0) is 0 Å². The van der Waals surface area contributed by atoms with E-state index >= 15 is 0 Å². The van der Waals surface area contributed by atoms with Gasteiger partial charge < -0.3 is 15.5 Å². The van der Waals surface area contributed by atoms with Gasteiger partial charge in [0.25, 0.3) is 11.8 Å². The molecule has 0 aliphatic heterocycles. The number of carbonyl (C=O) groups is 2. The van der Waals surface area contributed by atoms with E-state index in [1.807, 2.05) is 38.9 Å². The van der Waals surface area contributed by atoms with Crippen LogP contribution in [0.4, 0.5) is 0 Å². The number of imidazole rings is 1. The molecule has 2 aromatic heterocycles. The van der Waals surface area contributed by atoms with Crippen molar-refractivity contribution in [2.45, 2.75) is 19.9 Å². The first-order valence-electron chi connectivity index (χ1n) is 7.61. The van der Waals surface area contributed by atoms with Gasteiger partial charge in [0, 0.05) is 25.3 Å². The Bertz CT molecular complexity index is 706. The summed E-state index contributed by atoms with van der Waals surface area (Å²) in [6.45, 7) is 5.01. The molecule has 0 unspecified atom stereocenters. The Morgan fingerprint density at radius 3 is 2.65 bits per heavy atom. The largest absolute Gasteiger partial charge is 0.348 e. The summed E-state index contributed by atoms with van der Waals surface area (Å²) in [6, 6.07) is 5.39. The molecule has 0 aromatic carbocycles. The molecule has 0 bridgehead atoms. The molecule has 0 aliphatic rings. The lowest BCUT2D eigenvalue weighted by Gasteiger charge is -2.09. The molecule has 7 heteroatoms. The van der Waals surface area contributed by atoms with Crippen molar-refractivity contribution >= 4 is 17.3 Å². The number of nitrogens with zero attached hydrogens (tertiary/aromatic N) is 3. The van der Waals surface area contributed by atoms with Gasteiger partial charge in [-0.15, -0.1) is 0 Å². The maximum atomic E-state index is 12.4. The van der Waals surface area contributed by atoms with Crippen molar-refractivity contribution in [3.05, 3.63) is 35.9 Å². The Hall–Kier alpha value is -2.41. The lowest BCUT2D eigenvalue weighted by Crippen LogP contribution is -2.32. The van der Waals surface area contributed by atoms with Crippen LogP contribution < -0.4 is 10.6 Å². The Kier molecular flexibility index (Phi) is 5.33. The second-order valence-electron chi connectivity index (χ2n) is 5.93. The molecule has 23 heavy (non-hydrogen) atoms. The fourth-order valence-electron chi connectivity index (χ4n) is 2.17. The molecule has 2 aromatic rings. The zero-order chi connectivity index (χ0) is 17.0. The third kappa shape index (κ3) is 4.07. The van der Waals surface area contributed by atoms with Crippen LogP contribution in [0.5, 0.6) is 0 Å². The van der Waals surface area contributed by atoms with E-state index in [0.29, 0.717) is 12.1 Å². The molecular weight excluding hydrogens is 294 g/mol. The summed E-state index contributed by atoms with van der Waals surface area (Å²) in [4.78, 5) is 30.9. The topological polar surface area (TPSA) is 78.7 Å². The van der Waals surface area contributed by atoms with Crippen LogP contribution in [0.25, 0.3) is 5.52 Å². The highest BCUT2D eigenvalue weighted by Gasteiger charge is 2.21. The average molecular weight is 317 g/mol. The molecular formula is C16H23N5O2. The van der Waals surface area contributed by atoms with Crippen LogP contribution in [0.1, 0.15) is 35.0 Å². The number of pyridine rings is 1. The fourth-order valence-corrected chi connectivity index (χ4v) is 2.17. The van der Waals surface area contributed by atoms with Crippen molar-refractivity contribution < 1.29 is 9.59 Å². The summed E-state index contributed by atoms with van der Waals surface area (Å²) < 4.78 is 1.64. The lowest BCUT2D eigenvalue weighted by atomic mass is 10.3. The number of hydrogen-bond acceptors (Lipinski definition) is 4. The van der Waals surface area contributed by atoms with Crippen LogP contribution in [0.3, 0.4) is 0 Å². The van der Waals surface area contributed by atoms with Gasteiger partial charge in [-0.1, -0.05) is 6.07 Å². The molecule has 0 saturated carbocycles. The maximum absolute atomic E-state index is 12.4. The predicted octanol–water partition coefficient (Wildman–Crippen LogP) is 0.764. The normalized spacial score (nSPS) is 11.2. The van der Waals surface area contributed by atoms with Gasteiger partial charge in [-0.3, -0.25) is 14.0 Å². The van der Waals surface area contributed by atoms with Crippen molar-refractivity contribution in [3.63, 3.8) is 0 Å². The van der Waals surface area contributed by atoms with Gasteiger partial charge in [0.2, 0.25) is 5.82 Å². The zero-order valence-electron chi connectivity index (χ0n) is 14.0. The van der Waals surface area contributed by atoms with E-state index in [1.54, 1.807) is 22.7 Å². The molecule has 0 spiro atoms. The first-order chi connectivity index (χ1) is 10.9. The minimum Gasteiger partial charge on any atom is -0.348 e. The number of carbonyl (C=O) groups excluding carboxylic acids is 2. The summed E-state index contributed by atoms with van der Waals surface area (Å²) in [7, 11) is 3.87. The highest BCUT2D eigenvalue weighted by atomic mass is 16.2. The molecule has 0 atom stereocenters. The van der Waals surface area contributed by atoms with Gasteiger partial charge in [-0.2, -0.15) is 0 Å². The van der Waals surface area contributed by atoms with Gasteiger partial charge in [-0.25, -0.2) is 4.98 Å². The van der Waals surface area contributed by atoms with Gasteiger partial charge in [0.15, 0.2) is 5.69 Å². The average Bonchev–Trinajstić information content (AvgIpc) is 2.85. The van der Waals surface area contributed by atoms with E-state index in [-0.39, 0.29) is 29.4 Å². The van der Waals surface area contributed by atoms with Gasteiger partial charge in [-0.05, 0) is 40.1 Å². The summed E-state index contributed by atoms with van der Waals surface area (Å²) in [5.74, 6) is -0.360. The second kappa shape index (κ2) is 7.23. The van der Waals surface area contributed by atoms with Crippen molar-refractivity contribution in [3.8, 4) is 0 Å². The van der Waals surface area contributed by atoms with Crippen LogP contribution in [-0.4, -0.2) is 59.3 Å². The molecule has 2 amide bonds. The Balaban J connectivity index is 2.30. The van der Waals surface area contributed by atoms with Crippen molar-refractivity contribution in [2.75, 3.05) is 27.2 Å². The van der Waals surface area contributed by atoms with E-state index in [0.717, 1.165) is 6.54 Å². The molecule has 2 rings (SSSR count). The van der Waals surface area contributed by atoms with Crippen molar-refractivity contribution in [1.82, 2.24) is 24.9 Å². The van der Waals surface area contributed by atoms with E-state index in [9.17, 15) is 9.59 Å². The van der Waals surface area contributed by atoms with Crippen molar-refractivity contribution in [1.29, 1.82) is 0 Å². The van der Waals surface area contributed by atoms with E-state index in [2.05, 4.69) is 15.6 Å². The van der Waals surface area contributed by atoms with Crippen LogP contribution >= 0.6 is 0 Å². The molecule has 2 heterocycles. The van der Waals surface area contributed by atoms with Gasteiger partial charge >= 0.3 is 0 Å². The SMILES string of the molecule is CC(C)NC(=O)c1nc(C(=O)NCCN(C)C)n2ccccc12. The predicted molar refractivity (Wildman–Crippen MR) is 88.7 cm³/mol. The molecule has 0 radical (unpaired) electrons. The number of fused-ring (bicyclic) bond motifs is 1. The van der Waals surface area contributed by atoms with Crippen LogP contribution in [0.2, 0.25) is 0 Å². The standard InChI is InChI=1S/C16H23N5O2/c1-11(2)18-15(22)13-12-7-5-6-9-21(12)14(19-13)16(23)17-8-10-20(3)4/h5-7,9,11H,8,10H2,1-4H3,(H,17,23)(H,18,22). The van der Waals surface area contributed by atoms with E-state index in [1.165, 1.54) is 0 Å². The summed E-state index contributed by atoms with van der Waals surface area (Å²) in [6.07, 6.45) is 1.73. The molecule has 124 valence electrons. The summed E-state index contributed by atoms with van der Waals surface area (Å²) >= 11 is 0. The zero-order valence-corrected chi connectivity index (χ0v) is 14.0. The Morgan fingerprint density at radius 2 is 2.00 bits per heavy atom. The monoisotopic (exact) mass is 317 g/mol. The Morgan fingerprint density at radius 1 is 1.26 bits per heavy atom. The number of aromatic nitrogens is 2. The lowest BCUT2D eigenvalue weighted by molar-refractivity contribution is 0.0939. The molecule has 2 N–H and O–H groups in total. The van der Waals surface area contributed by atoms with Gasteiger partial charge in [0.1, 0.15) is 0 Å². The maximum Gasteiger partial charge on any atom is 0.287 e. The minimum absolute atomic E-state index is 0.000306. The van der Waals surface area contributed by atoms with E-state index < -0.39 is 0 Å². The molecule has 0 fully saturated rings. The number of rotatable bonds is 6. The smallest absolute Gasteiger partial charge is 0.287 e. The molecule has 0 saturated heterocycles. The first kappa shape index (κ1) is 17.0. The quantitative estimate of drug-likeness (QED) is 0.824. The third-order valence-corrected chi connectivity index (χ3v) is 3.23. The fraction of sp³-hybridized carbons (Fsp3) is 0.438. The Labute approximate surface area is 135 Å². The summed E-state index contributed by atoms with van der Waals surface area (Å²) in [5, 5.41) is 5.63. The van der Waals surface area contributed by atoms with Crippen LogP contribution in [0, 0.1) is 0 Å². The van der Waals surface area contributed by atoms with Crippen LogP contribution in [0.15, 0.2) is 24.4 Å². The minimum atomic E-state index is -0.295. The van der Waals surface area contributed by atoms with E-state index in [4.69, 9.17) is 0 Å². The molecule has 0 aliphatic carbocycles. The number of nitrogens with one attached hydrogen (secondary N) is 2. The number of hydrogen-bond donors (Lipinski definition) is 2. The number of amides is 2. The third-order valence-electron chi connectivity index (χ3n) is 3.23. The number of likely N-dealkylation sites (N-methyl/N-ethyl adjacent to an activating group) is 1. The molecule has 7 nitrogen and oxygen atoms in total. The summed E-state index contributed by atoms with van der Waals surface area (Å²) in [5.41, 5.74) is 0.875. The first-order valence-corrected chi connectivity index (χ1v) is 7.61. The second-order valence-corrected chi connectivity index (χ2v) is 5.93. The van der Waals surface area contributed by atoms with Crippen molar-refractivity contribution in [2.24, 2.45) is 0 Å². The highest BCUT2D eigenvalue weighted by Crippen LogP contribution is 2.13. The van der Waals surface area contributed by atoms with Gasteiger partial charge in [0.05, 0.1) is 5.52 Å². The highest BCUT2D eigenvalue weighted by molar-refractivity contribution is 6.02.